The lowest BCUT2D eigenvalue weighted by molar-refractivity contribution is 0.0135. The van der Waals surface area contributed by atoms with Gasteiger partial charge in [-0.1, -0.05) is 18.2 Å². The molecule has 1 fully saturated rings. The Morgan fingerprint density at radius 3 is 2.58 bits per heavy atom. The van der Waals surface area contributed by atoms with Crippen LogP contribution in [0.15, 0.2) is 30.5 Å². The molecular formula is C24H27F3N5O3P. The van der Waals surface area contributed by atoms with Crippen molar-refractivity contribution < 1.29 is 27.3 Å². The Bertz CT molecular complexity index is 1350. The van der Waals surface area contributed by atoms with Crippen molar-refractivity contribution in [2.24, 2.45) is 0 Å². The second kappa shape index (κ2) is 9.69. The van der Waals surface area contributed by atoms with E-state index in [1.165, 1.54) is 30.3 Å². The summed E-state index contributed by atoms with van der Waals surface area (Å²) >= 11 is 0. The number of benzene rings is 1. The number of anilines is 1. The van der Waals surface area contributed by atoms with Gasteiger partial charge in [0.2, 0.25) is 0 Å². The third kappa shape index (κ3) is 5.02. The molecule has 1 aromatic carbocycles. The Kier molecular flexibility index (Phi) is 6.96. The van der Waals surface area contributed by atoms with E-state index in [9.17, 15) is 22.5 Å². The summed E-state index contributed by atoms with van der Waals surface area (Å²) in [6.45, 7) is 4.56. The molecule has 3 heterocycles. The maximum Gasteiger partial charge on any atom is 0.409 e. The van der Waals surface area contributed by atoms with Crippen LogP contribution in [-0.2, 0) is 15.2 Å². The van der Waals surface area contributed by atoms with Gasteiger partial charge in [0.05, 0.1) is 30.4 Å². The summed E-state index contributed by atoms with van der Waals surface area (Å²) in [4.78, 5) is 26.5. The minimum atomic E-state index is -3.33. The molecule has 0 saturated carbocycles. The maximum absolute atomic E-state index is 14.9. The van der Waals surface area contributed by atoms with Gasteiger partial charge in [-0.2, -0.15) is 0 Å². The Balaban J connectivity index is 1.68. The molecule has 0 unspecified atom stereocenters. The molecule has 12 heteroatoms. The highest BCUT2D eigenvalue weighted by Gasteiger charge is 2.34. The normalized spacial score (nSPS) is 16.6. The average molecular weight is 521 g/mol. The number of amides is 1. The number of carbonyl (C=O) groups is 1. The van der Waals surface area contributed by atoms with Gasteiger partial charge in [0.15, 0.2) is 0 Å². The highest BCUT2D eigenvalue weighted by atomic mass is 31.2. The fraction of sp³-hybridized carbons (Fsp3) is 0.417. The molecule has 192 valence electrons. The van der Waals surface area contributed by atoms with Crippen molar-refractivity contribution >= 4 is 35.4 Å². The maximum atomic E-state index is 14.9. The van der Waals surface area contributed by atoms with E-state index in [-0.39, 0.29) is 31.0 Å². The number of alkyl halides is 2. The predicted octanol–water partition coefficient (Wildman–Crippen LogP) is 4.83. The third-order valence-corrected chi connectivity index (χ3v) is 9.24. The minimum absolute atomic E-state index is 0.0655. The summed E-state index contributed by atoms with van der Waals surface area (Å²) < 4.78 is 61.1. The number of methoxy groups -OCH3 is 1. The van der Waals surface area contributed by atoms with Crippen molar-refractivity contribution in [3.63, 3.8) is 0 Å². The number of carbonyl (C=O) groups excluding carboxylic acids is 1. The second-order valence-corrected chi connectivity index (χ2v) is 12.1. The van der Waals surface area contributed by atoms with Gasteiger partial charge >= 0.3 is 6.09 Å². The van der Waals surface area contributed by atoms with Gasteiger partial charge in [-0.05, 0) is 19.9 Å². The number of nitrogens with one attached hydrogen (secondary N) is 1. The van der Waals surface area contributed by atoms with Gasteiger partial charge in [-0.15, -0.1) is 0 Å². The number of rotatable bonds is 5. The van der Waals surface area contributed by atoms with Crippen molar-refractivity contribution in [1.29, 1.82) is 0 Å². The zero-order valence-corrected chi connectivity index (χ0v) is 21.3. The van der Waals surface area contributed by atoms with Gasteiger partial charge in [-0.3, -0.25) is 4.98 Å². The number of aryl methyl sites for hydroxylation is 1. The van der Waals surface area contributed by atoms with Gasteiger partial charge in [0.25, 0.3) is 5.92 Å². The molecule has 4 rings (SSSR count). The zero-order chi connectivity index (χ0) is 26.3. The second-order valence-electron chi connectivity index (χ2n) is 8.94. The molecule has 2 aromatic heterocycles. The molecule has 0 radical (unpaired) electrons. The van der Waals surface area contributed by atoms with Crippen molar-refractivity contribution in [2.75, 3.05) is 37.8 Å². The van der Waals surface area contributed by atoms with E-state index in [4.69, 9.17) is 4.74 Å². The highest BCUT2D eigenvalue weighted by Crippen LogP contribution is 2.46. The topological polar surface area (TPSA) is 97.3 Å². The number of halogens is 3. The smallest absolute Gasteiger partial charge is 0.409 e. The van der Waals surface area contributed by atoms with Gasteiger partial charge < -0.3 is 19.5 Å². The summed E-state index contributed by atoms with van der Waals surface area (Å²) in [5.74, 6) is -3.53. The van der Waals surface area contributed by atoms with Crippen molar-refractivity contribution in [2.45, 2.75) is 32.7 Å². The fourth-order valence-corrected chi connectivity index (χ4v) is 6.75. The predicted molar refractivity (Wildman–Crippen MR) is 131 cm³/mol. The molecule has 0 aliphatic carbocycles. The number of ether oxygens (including phenoxy) is 1. The lowest BCUT2D eigenvalue weighted by atomic mass is 10.0. The first-order valence-electron chi connectivity index (χ1n) is 11.4. The summed E-state index contributed by atoms with van der Waals surface area (Å²) in [7, 11) is -1.60. The summed E-state index contributed by atoms with van der Waals surface area (Å²) in [6.07, 6.45) is 1.57. The quantitative estimate of drug-likeness (QED) is 0.481. The molecule has 0 bridgehead atoms. The molecule has 0 spiro atoms. The van der Waals surface area contributed by atoms with Gasteiger partial charge in [0.1, 0.15) is 30.0 Å². The van der Waals surface area contributed by atoms with Crippen LogP contribution in [0.2, 0.25) is 0 Å². The summed E-state index contributed by atoms with van der Waals surface area (Å²) in [5, 5.41) is 3.64. The molecule has 1 atom stereocenters. The molecule has 1 N–H and O–H groups in total. The molecule has 1 aliphatic heterocycles. The molecular weight excluding hydrogens is 494 g/mol. The zero-order valence-electron chi connectivity index (χ0n) is 20.4. The van der Waals surface area contributed by atoms with Crippen molar-refractivity contribution in [1.82, 2.24) is 19.9 Å². The lowest BCUT2D eigenvalue weighted by Gasteiger charge is -2.31. The Hall–Kier alpha value is -3.20. The minimum Gasteiger partial charge on any atom is -0.453 e. The van der Waals surface area contributed by atoms with Crippen LogP contribution in [0.1, 0.15) is 36.8 Å². The van der Waals surface area contributed by atoms with Crippen LogP contribution in [0.4, 0.5) is 23.8 Å². The molecule has 1 amide bonds. The van der Waals surface area contributed by atoms with Crippen molar-refractivity contribution in [3.8, 4) is 0 Å². The van der Waals surface area contributed by atoms with E-state index in [1.807, 2.05) is 0 Å². The largest absolute Gasteiger partial charge is 0.453 e. The Morgan fingerprint density at radius 1 is 1.25 bits per heavy atom. The van der Waals surface area contributed by atoms with Crippen LogP contribution in [0.5, 0.6) is 0 Å². The SMILES string of the molecule is COC(=O)N1CCP(=O)(c2cc3c(N[C@H](C)c4cccc(C(C)(F)F)c4F)nc(C)nc3cn2)CC1. The molecule has 3 aromatic rings. The fourth-order valence-electron chi connectivity index (χ4n) is 4.31. The van der Waals surface area contributed by atoms with E-state index in [0.717, 1.165) is 6.07 Å². The number of hydrogen-bond donors (Lipinski definition) is 1. The summed E-state index contributed by atoms with van der Waals surface area (Å²) in [6, 6.07) is 4.85. The van der Waals surface area contributed by atoms with E-state index in [2.05, 4.69) is 20.3 Å². The highest BCUT2D eigenvalue weighted by molar-refractivity contribution is 7.71. The van der Waals surface area contributed by atoms with Crippen LogP contribution in [0, 0.1) is 12.7 Å². The summed E-state index contributed by atoms with van der Waals surface area (Å²) in [5.41, 5.74) is 0.271. The molecule has 8 nitrogen and oxygen atoms in total. The average Bonchev–Trinajstić information content (AvgIpc) is 2.83. The standard InChI is InChI=1S/C24H27F3N5O3P/c1-14(16-6-5-7-18(21(16)25)24(3,26)27)29-22-17-12-20(28-13-19(17)30-15(2)31-22)36(34)10-8-32(9-11-36)23(33)35-4/h5-7,12-14H,8-11H2,1-4H3,(H,29,30,31)/t14-/m1/s1. The number of pyridine rings is 1. The van der Waals surface area contributed by atoms with Gasteiger partial charge in [0, 0.05) is 43.3 Å². The van der Waals surface area contributed by atoms with Crippen molar-refractivity contribution in [3.05, 3.63) is 53.2 Å². The van der Waals surface area contributed by atoms with E-state index >= 15 is 0 Å². The third-order valence-electron chi connectivity index (χ3n) is 6.31. The Labute approximate surface area is 206 Å². The van der Waals surface area contributed by atoms with Crippen LogP contribution < -0.4 is 10.8 Å². The first-order valence-corrected chi connectivity index (χ1v) is 13.5. The van der Waals surface area contributed by atoms with Crippen LogP contribution >= 0.6 is 7.14 Å². The first-order chi connectivity index (χ1) is 16.9. The number of aromatic nitrogens is 3. The number of hydrogen-bond acceptors (Lipinski definition) is 7. The number of fused-ring (bicyclic) bond motifs is 1. The van der Waals surface area contributed by atoms with Gasteiger partial charge in [-0.25, -0.2) is 27.9 Å². The monoisotopic (exact) mass is 521 g/mol. The molecule has 1 aliphatic rings. The molecule has 36 heavy (non-hydrogen) atoms. The van der Waals surface area contributed by atoms with E-state index in [1.54, 1.807) is 19.9 Å². The number of nitrogens with zero attached hydrogens (tertiary/aromatic N) is 4. The van der Waals surface area contributed by atoms with Crippen LogP contribution in [0.3, 0.4) is 0 Å². The van der Waals surface area contributed by atoms with E-state index in [0.29, 0.717) is 34.9 Å². The van der Waals surface area contributed by atoms with Crippen LogP contribution in [0.25, 0.3) is 10.9 Å². The lowest BCUT2D eigenvalue weighted by Crippen LogP contribution is -2.41. The first kappa shape index (κ1) is 25.9. The van der Waals surface area contributed by atoms with E-state index < -0.39 is 36.6 Å². The van der Waals surface area contributed by atoms with Crippen LogP contribution in [-0.4, -0.2) is 58.5 Å². The molecule has 1 saturated heterocycles. The Morgan fingerprint density at radius 2 is 1.94 bits per heavy atom.